The molecule has 0 saturated carbocycles. The second-order valence-corrected chi connectivity index (χ2v) is 11.8. The topological polar surface area (TPSA) is 336 Å². The van der Waals surface area contributed by atoms with Gasteiger partial charge in [-0.15, -0.1) is 0 Å². The Hall–Kier alpha value is -1.29. The largest absolute Gasteiger partial charge is 0.394 e. The van der Waals surface area contributed by atoms with E-state index in [0.29, 0.717) is 0 Å². The number of carbonyl (C=O) groups is 1. The van der Waals surface area contributed by atoms with E-state index in [4.69, 9.17) is 33.2 Å². The Balaban J connectivity index is 1.59. The summed E-state index contributed by atoms with van der Waals surface area (Å²) < 4.78 is 39.1. The summed E-state index contributed by atoms with van der Waals surface area (Å²) in [6, 6.07) is -1.56. The molecule has 4 saturated heterocycles. The van der Waals surface area contributed by atoms with Crippen molar-refractivity contribution in [1.82, 2.24) is 5.32 Å². The molecule has 0 radical (unpaired) electrons. The molecule has 0 spiro atoms. The third kappa shape index (κ3) is 8.37. The average molecular weight is 692 g/mol. The van der Waals surface area contributed by atoms with Crippen molar-refractivity contribution in [2.75, 3.05) is 26.4 Å². The molecule has 4 fully saturated rings. The zero-order valence-corrected chi connectivity index (χ0v) is 25.1. The van der Waals surface area contributed by atoms with Gasteiger partial charge >= 0.3 is 0 Å². The molecular weight excluding hydrogens is 646 g/mol. The lowest BCUT2D eigenvalue weighted by atomic mass is 9.94. The van der Waals surface area contributed by atoms with Crippen LogP contribution < -0.4 is 5.32 Å². The van der Waals surface area contributed by atoms with Crippen molar-refractivity contribution >= 4 is 5.91 Å². The molecule has 0 aliphatic carbocycles. The van der Waals surface area contributed by atoms with Crippen LogP contribution in [0.15, 0.2) is 0 Å². The first-order chi connectivity index (χ1) is 22.3. The summed E-state index contributed by atoms with van der Waals surface area (Å²) in [5.41, 5.74) is 0. The van der Waals surface area contributed by atoms with E-state index in [2.05, 4.69) is 5.32 Å². The molecule has 21 nitrogen and oxygen atoms in total. The molecule has 0 aromatic heterocycles. The van der Waals surface area contributed by atoms with E-state index in [1.54, 1.807) is 0 Å². The van der Waals surface area contributed by atoms with Gasteiger partial charge in [0.2, 0.25) is 5.91 Å². The number of aliphatic hydroxyl groups excluding tert-OH is 12. The summed E-state index contributed by atoms with van der Waals surface area (Å²) in [7, 11) is 0. The predicted octanol–water partition coefficient (Wildman–Crippen LogP) is -8.58. The van der Waals surface area contributed by atoms with Crippen molar-refractivity contribution in [2.45, 2.75) is 130 Å². The van der Waals surface area contributed by atoms with Gasteiger partial charge in [0.05, 0.1) is 32.5 Å². The fourth-order valence-corrected chi connectivity index (χ4v) is 5.89. The second-order valence-electron chi connectivity index (χ2n) is 11.8. The monoisotopic (exact) mass is 691 g/mol. The molecule has 4 heterocycles. The predicted molar refractivity (Wildman–Crippen MR) is 144 cm³/mol. The summed E-state index contributed by atoms with van der Waals surface area (Å²) >= 11 is 0. The number of hydrogen-bond acceptors (Lipinski definition) is 20. The van der Waals surface area contributed by atoms with Crippen LogP contribution in [0.25, 0.3) is 0 Å². The van der Waals surface area contributed by atoms with Crippen LogP contribution in [-0.4, -0.2) is 210 Å². The van der Waals surface area contributed by atoms with E-state index >= 15 is 0 Å². The standard InChI is InChI=1S/C26H45NO20/c1-7(32)27-14-21(46-25-19(38)18(37)15(34)11(4-29)44-25)16(35)12(5-30)43-24(14)47-22-17(36)13(6-31)45-26(20(22)39)42-9-2-8(33)23(40)41-10(9)3-28/h8-26,28-31,33-40H,2-6H2,1H3,(H,27,32)/t8-,9-,10?,11?,12?,13?,14-,15-,16+,17-,18?,19-,20-,21?,22?,23+,24-,25-,26+/m0/s1. The first-order valence-corrected chi connectivity index (χ1v) is 15.0. The van der Waals surface area contributed by atoms with Gasteiger partial charge in [-0.1, -0.05) is 0 Å². The summed E-state index contributed by atoms with van der Waals surface area (Å²) in [6.07, 6.45) is -29.9. The van der Waals surface area contributed by atoms with Gasteiger partial charge in [0.1, 0.15) is 85.4 Å². The van der Waals surface area contributed by atoms with E-state index in [1.807, 2.05) is 0 Å². The second kappa shape index (κ2) is 16.6. The van der Waals surface area contributed by atoms with Gasteiger partial charge in [-0.2, -0.15) is 0 Å². The van der Waals surface area contributed by atoms with Gasteiger partial charge in [0.15, 0.2) is 25.2 Å². The number of aliphatic hydroxyl groups is 12. The smallest absolute Gasteiger partial charge is 0.217 e. The van der Waals surface area contributed by atoms with Crippen LogP contribution in [0.4, 0.5) is 0 Å². The van der Waals surface area contributed by atoms with Crippen LogP contribution in [0.2, 0.25) is 0 Å². The summed E-state index contributed by atoms with van der Waals surface area (Å²) in [4.78, 5) is 12.3. The van der Waals surface area contributed by atoms with Crippen molar-refractivity contribution < 1.29 is 99.2 Å². The maximum Gasteiger partial charge on any atom is 0.217 e. The van der Waals surface area contributed by atoms with Gasteiger partial charge in [0.25, 0.3) is 0 Å². The average Bonchev–Trinajstić information content (AvgIpc) is 3.04. The van der Waals surface area contributed by atoms with Gasteiger partial charge in [0, 0.05) is 13.3 Å². The van der Waals surface area contributed by atoms with E-state index in [0.717, 1.165) is 6.92 Å². The van der Waals surface area contributed by atoms with Crippen molar-refractivity contribution in [3.63, 3.8) is 0 Å². The Kier molecular flexibility index (Phi) is 13.6. The van der Waals surface area contributed by atoms with Crippen LogP contribution in [0.3, 0.4) is 0 Å². The normalized spacial score (nSPS) is 49.4. The van der Waals surface area contributed by atoms with Crippen molar-refractivity contribution in [1.29, 1.82) is 0 Å². The first-order valence-electron chi connectivity index (χ1n) is 15.0. The van der Waals surface area contributed by atoms with Crippen molar-refractivity contribution in [3.8, 4) is 0 Å². The first kappa shape index (κ1) is 38.5. The van der Waals surface area contributed by atoms with E-state index in [1.165, 1.54) is 0 Å². The maximum absolute atomic E-state index is 12.3. The van der Waals surface area contributed by atoms with E-state index in [9.17, 15) is 66.1 Å². The highest BCUT2D eigenvalue weighted by Crippen LogP contribution is 2.34. The molecule has 0 aromatic carbocycles. The molecule has 4 aliphatic rings. The fourth-order valence-electron chi connectivity index (χ4n) is 5.89. The van der Waals surface area contributed by atoms with Crippen LogP contribution in [-0.2, 0) is 38.0 Å². The molecule has 0 bridgehead atoms. The molecule has 13 N–H and O–H groups in total. The fraction of sp³-hybridized carbons (Fsp3) is 0.962. The molecule has 1 amide bonds. The SMILES string of the molecule is CC(=O)N[C@H]1C(O[C@@H]2OC(CO)[C@H](O)C(O)[C@@H]2O)[C@H](O)C(CO)O[C@H]1OC1[C@@H](O)C(CO)O[C@@H](O[C@H]2C[C@H](O)[C@H](O)OC2CO)[C@H]1O. The molecule has 21 heteroatoms. The molecular formula is C26H45NO20. The molecule has 4 aliphatic heterocycles. The molecule has 19 atom stereocenters. The Morgan fingerprint density at radius 2 is 1.09 bits per heavy atom. The van der Waals surface area contributed by atoms with Crippen molar-refractivity contribution in [2.24, 2.45) is 0 Å². The Morgan fingerprint density at radius 3 is 1.64 bits per heavy atom. The summed E-state index contributed by atoms with van der Waals surface area (Å²) in [6.45, 7) is -2.10. The van der Waals surface area contributed by atoms with Gasteiger partial charge < -0.3 is 99.8 Å². The lowest BCUT2D eigenvalue weighted by Gasteiger charge is -2.49. The molecule has 7 unspecified atom stereocenters. The number of hydrogen-bond donors (Lipinski definition) is 13. The number of amides is 1. The highest BCUT2D eigenvalue weighted by molar-refractivity contribution is 5.73. The van der Waals surface area contributed by atoms with E-state index in [-0.39, 0.29) is 6.42 Å². The third-order valence-electron chi connectivity index (χ3n) is 8.50. The highest BCUT2D eigenvalue weighted by Gasteiger charge is 2.55. The Bertz CT molecular complexity index is 996. The number of ether oxygens (including phenoxy) is 7. The number of carbonyl (C=O) groups excluding carboxylic acids is 1. The Labute approximate surface area is 267 Å². The van der Waals surface area contributed by atoms with Gasteiger partial charge in [-0.05, 0) is 0 Å². The minimum Gasteiger partial charge on any atom is -0.394 e. The van der Waals surface area contributed by atoms with Crippen LogP contribution >= 0.6 is 0 Å². The lowest BCUT2D eigenvalue weighted by Crippen LogP contribution is -2.70. The minimum atomic E-state index is -1.93. The third-order valence-corrected chi connectivity index (χ3v) is 8.50. The van der Waals surface area contributed by atoms with Crippen LogP contribution in [0.5, 0.6) is 0 Å². The maximum atomic E-state index is 12.3. The number of nitrogens with one attached hydrogen (secondary N) is 1. The quantitative estimate of drug-likeness (QED) is 0.0956. The summed E-state index contributed by atoms with van der Waals surface area (Å²) in [5, 5.41) is 125. The zero-order valence-electron chi connectivity index (χ0n) is 25.1. The Morgan fingerprint density at radius 1 is 0.596 bits per heavy atom. The van der Waals surface area contributed by atoms with E-state index < -0.39 is 149 Å². The zero-order chi connectivity index (χ0) is 34.7. The molecule has 274 valence electrons. The van der Waals surface area contributed by atoms with Crippen LogP contribution in [0.1, 0.15) is 13.3 Å². The van der Waals surface area contributed by atoms with Gasteiger partial charge in [-0.25, -0.2) is 0 Å². The van der Waals surface area contributed by atoms with Crippen LogP contribution in [0, 0.1) is 0 Å². The number of rotatable bonds is 11. The van der Waals surface area contributed by atoms with Gasteiger partial charge in [-0.3, -0.25) is 4.79 Å². The minimum absolute atomic E-state index is 0.278. The molecule has 0 aromatic rings. The lowest BCUT2D eigenvalue weighted by molar-refractivity contribution is -0.374. The van der Waals surface area contributed by atoms with Crippen molar-refractivity contribution in [3.05, 3.63) is 0 Å². The highest BCUT2D eigenvalue weighted by atomic mass is 16.8. The summed E-state index contributed by atoms with van der Waals surface area (Å²) in [5.74, 6) is -0.736. The molecule has 4 rings (SSSR count). The molecule has 47 heavy (non-hydrogen) atoms.